The molecule has 0 saturated heterocycles. The van der Waals surface area contributed by atoms with E-state index in [4.69, 9.17) is 0 Å². The molecule has 0 saturated carbocycles. The average molecular weight is 245 g/mol. The van der Waals surface area contributed by atoms with Gasteiger partial charge in [0.25, 0.3) is 0 Å². The summed E-state index contributed by atoms with van der Waals surface area (Å²) >= 11 is 0. The first-order chi connectivity index (χ1) is 7.82. The first-order valence-electron chi connectivity index (χ1n) is 4.75. The summed E-state index contributed by atoms with van der Waals surface area (Å²) in [7, 11) is 0. The van der Waals surface area contributed by atoms with E-state index in [1.54, 1.807) is 6.07 Å². The predicted octanol–water partition coefficient (Wildman–Crippen LogP) is 2.17. The van der Waals surface area contributed by atoms with Gasteiger partial charge in [0, 0.05) is 5.69 Å². The van der Waals surface area contributed by atoms with Crippen molar-refractivity contribution in [1.82, 2.24) is 0 Å². The van der Waals surface area contributed by atoms with Crippen LogP contribution in [0.15, 0.2) is 30.3 Å². The Kier molecular flexibility index (Phi) is 3.88. The highest BCUT2D eigenvalue weighted by Crippen LogP contribution is 2.23. The molecule has 1 rings (SSSR count). The topological polar surface area (TPSA) is 37.4 Å². The Morgan fingerprint density at radius 3 is 2.12 bits per heavy atom. The minimum atomic E-state index is -4.99. The number of para-hydroxylation sites is 1. The molecule has 0 aliphatic rings. The molecule has 0 radical (unpaired) electrons. The van der Waals surface area contributed by atoms with Crippen LogP contribution in [0.4, 0.5) is 18.9 Å². The highest BCUT2D eigenvalue weighted by atomic mass is 19.4. The van der Waals surface area contributed by atoms with Crippen molar-refractivity contribution in [2.24, 2.45) is 0 Å². The molecule has 0 fully saturated rings. The average Bonchev–Trinajstić information content (AvgIpc) is 2.24. The minimum Gasteiger partial charge on any atom is -0.298 e. The number of amides is 1. The zero-order chi connectivity index (χ0) is 13.1. The van der Waals surface area contributed by atoms with E-state index in [0.717, 1.165) is 6.92 Å². The number of alkyl halides is 3. The number of anilines is 1. The molecular formula is C11H10F3NO2. The van der Waals surface area contributed by atoms with Crippen molar-refractivity contribution in [1.29, 1.82) is 0 Å². The number of carbonyl (C=O) groups is 2. The number of benzene rings is 1. The number of halogens is 3. The summed E-state index contributed by atoms with van der Waals surface area (Å²) in [5, 5.41) is 0. The highest BCUT2D eigenvalue weighted by Gasteiger charge is 2.43. The van der Waals surface area contributed by atoms with E-state index in [1.807, 2.05) is 0 Å². The second-order valence-corrected chi connectivity index (χ2v) is 3.43. The van der Waals surface area contributed by atoms with Gasteiger partial charge < -0.3 is 0 Å². The zero-order valence-corrected chi connectivity index (χ0v) is 8.99. The third-order valence-corrected chi connectivity index (χ3v) is 1.94. The molecule has 0 aromatic heterocycles. The highest BCUT2D eigenvalue weighted by molar-refractivity contribution is 6.01. The molecular weight excluding hydrogens is 235 g/mol. The van der Waals surface area contributed by atoms with E-state index < -0.39 is 24.4 Å². The Balaban J connectivity index is 3.05. The molecule has 0 heterocycles. The Morgan fingerprint density at radius 1 is 1.18 bits per heavy atom. The molecule has 92 valence electrons. The lowest BCUT2D eigenvalue weighted by Gasteiger charge is -2.22. The Labute approximate surface area is 95.8 Å². The molecule has 0 bridgehead atoms. The minimum absolute atomic E-state index is 0.0463. The summed E-state index contributed by atoms with van der Waals surface area (Å²) in [5.74, 6) is -2.56. The molecule has 17 heavy (non-hydrogen) atoms. The van der Waals surface area contributed by atoms with Gasteiger partial charge in [-0.2, -0.15) is 13.2 Å². The van der Waals surface area contributed by atoms with Gasteiger partial charge in [0.05, 0.1) is 6.54 Å². The number of Topliss-reactive ketones (excluding diaryl/α,β-unsaturated/α-hetero) is 1. The molecule has 0 atom stereocenters. The maximum Gasteiger partial charge on any atom is 0.471 e. The first kappa shape index (κ1) is 13.2. The standard InChI is InChI=1S/C11H10F3NO2/c1-8(16)7-15(10(17)11(12,13)14)9-5-3-2-4-6-9/h2-6H,7H2,1H3. The van der Waals surface area contributed by atoms with E-state index in [9.17, 15) is 22.8 Å². The molecule has 0 N–H and O–H groups in total. The van der Waals surface area contributed by atoms with E-state index in [0.29, 0.717) is 4.90 Å². The van der Waals surface area contributed by atoms with Crippen LogP contribution in [0.1, 0.15) is 6.92 Å². The third-order valence-electron chi connectivity index (χ3n) is 1.94. The third kappa shape index (κ3) is 3.58. The molecule has 0 aliphatic heterocycles. The Hall–Kier alpha value is -1.85. The number of hydrogen-bond acceptors (Lipinski definition) is 2. The number of ketones is 1. The SMILES string of the molecule is CC(=O)CN(C(=O)C(F)(F)F)c1ccccc1. The monoisotopic (exact) mass is 245 g/mol. The maximum absolute atomic E-state index is 12.3. The smallest absolute Gasteiger partial charge is 0.298 e. The lowest BCUT2D eigenvalue weighted by Crippen LogP contribution is -2.43. The van der Waals surface area contributed by atoms with E-state index in [-0.39, 0.29) is 5.69 Å². The summed E-state index contributed by atoms with van der Waals surface area (Å²) < 4.78 is 37.0. The maximum atomic E-state index is 12.3. The predicted molar refractivity (Wildman–Crippen MR) is 55.5 cm³/mol. The van der Waals surface area contributed by atoms with Crippen LogP contribution in [0.3, 0.4) is 0 Å². The Morgan fingerprint density at radius 2 is 1.71 bits per heavy atom. The van der Waals surface area contributed by atoms with Gasteiger partial charge in [-0.15, -0.1) is 0 Å². The van der Waals surface area contributed by atoms with Crippen molar-refractivity contribution in [2.45, 2.75) is 13.1 Å². The van der Waals surface area contributed by atoms with Crippen LogP contribution in [0.2, 0.25) is 0 Å². The van der Waals surface area contributed by atoms with Gasteiger partial charge >= 0.3 is 12.1 Å². The fourth-order valence-electron chi connectivity index (χ4n) is 1.26. The normalized spacial score (nSPS) is 11.1. The summed E-state index contributed by atoms with van der Waals surface area (Å²) in [6, 6.07) is 7.27. The molecule has 1 aromatic carbocycles. The summed E-state index contributed by atoms with van der Waals surface area (Å²) in [6.07, 6.45) is -4.99. The van der Waals surface area contributed by atoms with Crippen LogP contribution in [0.5, 0.6) is 0 Å². The van der Waals surface area contributed by atoms with E-state index >= 15 is 0 Å². The van der Waals surface area contributed by atoms with Crippen LogP contribution in [-0.2, 0) is 9.59 Å². The molecule has 1 aromatic rings. The van der Waals surface area contributed by atoms with E-state index in [1.165, 1.54) is 24.3 Å². The number of rotatable bonds is 3. The van der Waals surface area contributed by atoms with Gasteiger partial charge in [0.2, 0.25) is 0 Å². The van der Waals surface area contributed by atoms with Gasteiger partial charge in [-0.25, -0.2) is 0 Å². The lowest BCUT2D eigenvalue weighted by molar-refractivity contribution is -0.170. The summed E-state index contributed by atoms with van der Waals surface area (Å²) in [4.78, 5) is 22.5. The van der Waals surface area contributed by atoms with Crippen LogP contribution >= 0.6 is 0 Å². The van der Waals surface area contributed by atoms with Crippen molar-refractivity contribution in [3.05, 3.63) is 30.3 Å². The second kappa shape index (κ2) is 4.99. The molecule has 0 unspecified atom stereocenters. The Bertz CT molecular complexity index is 414. The van der Waals surface area contributed by atoms with Crippen molar-refractivity contribution in [3.63, 3.8) is 0 Å². The molecule has 0 spiro atoms. The van der Waals surface area contributed by atoms with Crippen molar-refractivity contribution >= 4 is 17.4 Å². The molecule has 3 nitrogen and oxygen atoms in total. The number of carbonyl (C=O) groups excluding carboxylic acids is 2. The molecule has 6 heteroatoms. The largest absolute Gasteiger partial charge is 0.471 e. The fraction of sp³-hybridized carbons (Fsp3) is 0.273. The molecule has 1 amide bonds. The van der Waals surface area contributed by atoms with Gasteiger partial charge in [-0.1, -0.05) is 18.2 Å². The van der Waals surface area contributed by atoms with Crippen molar-refractivity contribution in [2.75, 3.05) is 11.4 Å². The van der Waals surface area contributed by atoms with E-state index in [2.05, 4.69) is 0 Å². The quantitative estimate of drug-likeness (QED) is 0.818. The van der Waals surface area contributed by atoms with Crippen LogP contribution in [0.25, 0.3) is 0 Å². The number of hydrogen-bond donors (Lipinski definition) is 0. The van der Waals surface area contributed by atoms with Crippen molar-refractivity contribution < 1.29 is 22.8 Å². The zero-order valence-electron chi connectivity index (χ0n) is 8.99. The van der Waals surface area contributed by atoms with Gasteiger partial charge in [0.15, 0.2) is 0 Å². The van der Waals surface area contributed by atoms with Gasteiger partial charge in [0.1, 0.15) is 5.78 Å². The lowest BCUT2D eigenvalue weighted by atomic mass is 10.2. The fourth-order valence-corrected chi connectivity index (χ4v) is 1.26. The van der Waals surface area contributed by atoms with Crippen LogP contribution < -0.4 is 4.90 Å². The van der Waals surface area contributed by atoms with Crippen molar-refractivity contribution in [3.8, 4) is 0 Å². The second-order valence-electron chi connectivity index (χ2n) is 3.43. The van der Waals surface area contributed by atoms with Gasteiger partial charge in [-0.3, -0.25) is 14.5 Å². The van der Waals surface area contributed by atoms with Crippen LogP contribution in [0, 0.1) is 0 Å². The van der Waals surface area contributed by atoms with Crippen LogP contribution in [-0.4, -0.2) is 24.4 Å². The first-order valence-corrected chi connectivity index (χ1v) is 4.75. The number of nitrogens with zero attached hydrogens (tertiary/aromatic N) is 1. The summed E-state index contributed by atoms with van der Waals surface area (Å²) in [6.45, 7) is 0.530. The summed E-state index contributed by atoms with van der Waals surface area (Å²) in [5.41, 5.74) is 0.0463. The molecule has 0 aliphatic carbocycles. The van der Waals surface area contributed by atoms with Gasteiger partial charge in [-0.05, 0) is 19.1 Å².